The maximum absolute atomic E-state index is 12.9. The Morgan fingerprint density at radius 3 is 2.48 bits per heavy atom. The van der Waals surface area contributed by atoms with Crippen LogP contribution in [-0.4, -0.2) is 16.1 Å². The summed E-state index contributed by atoms with van der Waals surface area (Å²) < 4.78 is 38.7. The summed E-state index contributed by atoms with van der Waals surface area (Å²) in [7, 11) is 0. The minimum atomic E-state index is -4.78. The van der Waals surface area contributed by atoms with Gasteiger partial charge in [-0.25, -0.2) is 9.78 Å². The Morgan fingerprint density at radius 1 is 1.13 bits per heavy atom. The summed E-state index contributed by atoms with van der Waals surface area (Å²) in [4.78, 5) is 13.8. The van der Waals surface area contributed by atoms with Gasteiger partial charge in [-0.1, -0.05) is 42.5 Å². The van der Waals surface area contributed by atoms with Gasteiger partial charge in [-0.3, -0.25) is 0 Å². The highest BCUT2D eigenvalue weighted by Crippen LogP contribution is 2.35. The zero-order chi connectivity index (χ0) is 16.6. The Morgan fingerprint density at radius 2 is 1.83 bits per heavy atom. The number of aromatic carboxylic acids is 1. The monoisotopic (exact) mass is 337 g/mol. The molecule has 0 atom stereocenters. The van der Waals surface area contributed by atoms with Crippen molar-refractivity contribution in [1.29, 1.82) is 0 Å². The lowest BCUT2D eigenvalue weighted by atomic mass is 10.0. The molecule has 3 aromatic rings. The Bertz CT molecular complexity index is 881. The molecule has 7 heteroatoms. The molecule has 1 N–H and O–H groups in total. The number of nitrogens with zero attached hydrogens (tertiary/aromatic N) is 1. The summed E-state index contributed by atoms with van der Waals surface area (Å²) in [6, 6.07) is 13.0. The van der Waals surface area contributed by atoms with Crippen molar-refractivity contribution in [2.45, 2.75) is 12.6 Å². The predicted molar refractivity (Wildman–Crippen MR) is 80.8 cm³/mol. The molecule has 0 saturated carbocycles. The highest BCUT2D eigenvalue weighted by molar-refractivity contribution is 7.13. The normalized spacial score (nSPS) is 11.8. The largest absolute Gasteiger partial charge is 0.477 e. The molecule has 0 aliphatic carbocycles. The van der Waals surface area contributed by atoms with E-state index in [2.05, 4.69) is 4.98 Å². The smallest absolute Gasteiger partial charge is 0.435 e. The number of hydrogen-bond acceptors (Lipinski definition) is 3. The number of hydrogen-bond donors (Lipinski definition) is 1. The van der Waals surface area contributed by atoms with Gasteiger partial charge in [0.05, 0.1) is 5.01 Å². The molecule has 0 saturated heterocycles. The molecule has 23 heavy (non-hydrogen) atoms. The summed E-state index contributed by atoms with van der Waals surface area (Å²) in [5.41, 5.74) is -0.521. The maximum atomic E-state index is 12.9. The second kappa shape index (κ2) is 5.66. The van der Waals surface area contributed by atoms with Crippen LogP contribution in [0.3, 0.4) is 0 Å². The number of carbonyl (C=O) groups is 1. The molecule has 0 spiro atoms. The third-order valence-electron chi connectivity index (χ3n) is 3.36. The quantitative estimate of drug-likeness (QED) is 0.760. The number of alkyl halides is 3. The number of fused-ring (bicyclic) bond motifs is 1. The molecule has 1 heterocycles. The predicted octanol–water partition coefficient (Wildman–Crippen LogP) is 4.60. The van der Waals surface area contributed by atoms with Gasteiger partial charge in [0.2, 0.25) is 0 Å². The van der Waals surface area contributed by atoms with Crippen LogP contribution < -0.4 is 0 Å². The Kier molecular flexibility index (Phi) is 3.81. The van der Waals surface area contributed by atoms with Crippen molar-refractivity contribution >= 4 is 28.1 Å². The third kappa shape index (κ3) is 3.05. The molecule has 0 aliphatic heterocycles. The molecule has 0 aliphatic rings. The van der Waals surface area contributed by atoms with Crippen molar-refractivity contribution in [2.75, 3.05) is 0 Å². The van der Waals surface area contributed by atoms with Crippen LogP contribution in [0, 0.1) is 0 Å². The van der Waals surface area contributed by atoms with Gasteiger partial charge in [-0.2, -0.15) is 13.2 Å². The van der Waals surface area contributed by atoms with E-state index in [-0.39, 0.29) is 11.4 Å². The zero-order valence-electron chi connectivity index (χ0n) is 11.6. The minimum absolute atomic E-state index is 0.131. The summed E-state index contributed by atoms with van der Waals surface area (Å²) in [6.07, 6.45) is -4.62. The minimum Gasteiger partial charge on any atom is -0.477 e. The number of halogens is 3. The SMILES string of the molecule is O=C(O)c1sc(Cc2cccc3ccccc23)nc1C(F)(F)F. The second-order valence-corrected chi connectivity index (χ2v) is 5.99. The maximum Gasteiger partial charge on any atom is 0.435 e. The van der Waals surface area contributed by atoms with Crippen LogP contribution in [0.1, 0.15) is 25.9 Å². The van der Waals surface area contributed by atoms with Crippen molar-refractivity contribution in [3.63, 3.8) is 0 Å². The highest BCUT2D eigenvalue weighted by atomic mass is 32.1. The van der Waals surface area contributed by atoms with Crippen molar-refractivity contribution in [1.82, 2.24) is 4.98 Å². The second-order valence-electron chi connectivity index (χ2n) is 4.90. The van der Waals surface area contributed by atoms with Crippen molar-refractivity contribution in [3.05, 3.63) is 63.6 Å². The molecule has 3 rings (SSSR count). The van der Waals surface area contributed by atoms with Gasteiger partial charge >= 0.3 is 12.1 Å². The topological polar surface area (TPSA) is 50.2 Å². The Labute approximate surface area is 133 Å². The molecule has 0 radical (unpaired) electrons. The molecule has 0 bridgehead atoms. The van der Waals surface area contributed by atoms with E-state index in [0.29, 0.717) is 11.3 Å². The number of benzene rings is 2. The molecular weight excluding hydrogens is 327 g/mol. The van der Waals surface area contributed by atoms with Crippen molar-refractivity contribution in [2.24, 2.45) is 0 Å². The first-order valence-corrected chi connectivity index (χ1v) is 7.45. The standard InChI is InChI=1S/C16H10F3NO2S/c17-16(18,19)14-13(15(21)22)23-12(20-14)8-10-6-3-5-9-4-1-2-7-11(9)10/h1-7H,8H2,(H,21,22). The van der Waals surface area contributed by atoms with E-state index in [1.807, 2.05) is 36.4 Å². The summed E-state index contributed by atoms with van der Waals surface area (Å²) in [6.45, 7) is 0. The van der Waals surface area contributed by atoms with E-state index < -0.39 is 22.7 Å². The fourth-order valence-corrected chi connectivity index (χ4v) is 3.33. The molecule has 118 valence electrons. The molecule has 0 amide bonds. The van der Waals surface area contributed by atoms with Crippen LogP contribution in [-0.2, 0) is 12.6 Å². The number of carboxylic acids is 1. The van der Waals surface area contributed by atoms with Crippen molar-refractivity contribution in [3.8, 4) is 0 Å². The van der Waals surface area contributed by atoms with E-state index in [0.717, 1.165) is 16.3 Å². The van der Waals surface area contributed by atoms with E-state index in [1.54, 1.807) is 6.07 Å². The van der Waals surface area contributed by atoms with E-state index in [1.165, 1.54) is 0 Å². The van der Waals surface area contributed by atoms with Gasteiger partial charge in [0.25, 0.3) is 0 Å². The Hall–Kier alpha value is -2.41. The van der Waals surface area contributed by atoms with E-state index in [9.17, 15) is 18.0 Å². The number of rotatable bonds is 3. The van der Waals surface area contributed by atoms with Crippen LogP contribution in [0.2, 0.25) is 0 Å². The van der Waals surface area contributed by atoms with E-state index in [4.69, 9.17) is 5.11 Å². The average Bonchev–Trinajstić information content (AvgIpc) is 2.92. The van der Waals surface area contributed by atoms with E-state index >= 15 is 0 Å². The number of thiazole rings is 1. The lowest BCUT2D eigenvalue weighted by Crippen LogP contribution is -2.11. The number of aromatic nitrogens is 1. The van der Waals surface area contributed by atoms with Crippen LogP contribution in [0.4, 0.5) is 13.2 Å². The third-order valence-corrected chi connectivity index (χ3v) is 4.40. The number of carboxylic acid groups (broad SMARTS) is 1. The van der Waals surface area contributed by atoms with Gasteiger partial charge in [-0.15, -0.1) is 11.3 Å². The fourth-order valence-electron chi connectivity index (χ4n) is 2.39. The molecule has 0 fully saturated rings. The first-order valence-electron chi connectivity index (χ1n) is 6.63. The van der Waals surface area contributed by atoms with Gasteiger partial charge in [0.15, 0.2) is 5.69 Å². The fraction of sp³-hybridized carbons (Fsp3) is 0.125. The summed E-state index contributed by atoms with van der Waals surface area (Å²) in [5.74, 6) is -1.61. The molecule has 2 aromatic carbocycles. The molecule has 3 nitrogen and oxygen atoms in total. The van der Waals surface area contributed by atoms with Crippen LogP contribution in [0.5, 0.6) is 0 Å². The van der Waals surface area contributed by atoms with Crippen LogP contribution >= 0.6 is 11.3 Å². The van der Waals surface area contributed by atoms with Gasteiger partial charge in [-0.05, 0) is 16.3 Å². The van der Waals surface area contributed by atoms with Crippen molar-refractivity contribution < 1.29 is 23.1 Å². The van der Waals surface area contributed by atoms with Gasteiger partial charge in [0.1, 0.15) is 4.88 Å². The molecule has 0 unspecified atom stereocenters. The zero-order valence-corrected chi connectivity index (χ0v) is 12.4. The lowest BCUT2D eigenvalue weighted by molar-refractivity contribution is -0.141. The average molecular weight is 337 g/mol. The van der Waals surface area contributed by atoms with Crippen LogP contribution in [0.25, 0.3) is 10.8 Å². The first kappa shape index (κ1) is 15.5. The van der Waals surface area contributed by atoms with Gasteiger partial charge in [0, 0.05) is 6.42 Å². The summed E-state index contributed by atoms with van der Waals surface area (Å²) in [5, 5.41) is 11.0. The molecule has 1 aromatic heterocycles. The van der Waals surface area contributed by atoms with Gasteiger partial charge < -0.3 is 5.11 Å². The summed E-state index contributed by atoms with van der Waals surface area (Å²) >= 11 is 0.567. The highest BCUT2D eigenvalue weighted by Gasteiger charge is 2.39. The molecular formula is C16H10F3NO2S. The van der Waals surface area contributed by atoms with Crippen LogP contribution in [0.15, 0.2) is 42.5 Å². The lowest BCUT2D eigenvalue weighted by Gasteiger charge is -2.04. The first-order chi connectivity index (χ1) is 10.9. The Balaban J connectivity index is 2.04.